The standard InChI is InChI=1S/C10H24N2O4S2/c1-5-7-12(10(3,6-2)8-11)18(15,16)9-17(4,13)14/h5-9,11H2,1-4H3. The van der Waals surface area contributed by atoms with Crippen molar-refractivity contribution >= 4 is 19.9 Å². The van der Waals surface area contributed by atoms with Gasteiger partial charge in [-0.2, -0.15) is 4.31 Å². The first-order valence-electron chi connectivity index (χ1n) is 5.90. The van der Waals surface area contributed by atoms with E-state index in [1.807, 2.05) is 13.8 Å². The molecule has 0 aliphatic rings. The lowest BCUT2D eigenvalue weighted by Gasteiger charge is -2.38. The molecule has 0 heterocycles. The molecule has 0 bridgehead atoms. The average Bonchev–Trinajstić information content (AvgIpc) is 2.21. The molecule has 0 spiro atoms. The number of sulfone groups is 1. The fraction of sp³-hybridized carbons (Fsp3) is 1.00. The molecule has 0 amide bonds. The second-order valence-corrected chi connectivity index (χ2v) is 9.18. The van der Waals surface area contributed by atoms with Crippen LogP contribution >= 0.6 is 0 Å². The fourth-order valence-corrected chi connectivity index (χ4v) is 5.71. The molecule has 0 rings (SSSR count). The van der Waals surface area contributed by atoms with E-state index in [1.165, 1.54) is 4.31 Å². The van der Waals surface area contributed by atoms with Crippen LogP contribution in [0.2, 0.25) is 0 Å². The van der Waals surface area contributed by atoms with Crippen molar-refractivity contribution in [3.05, 3.63) is 0 Å². The van der Waals surface area contributed by atoms with E-state index in [9.17, 15) is 16.8 Å². The fourth-order valence-electron chi connectivity index (χ4n) is 1.70. The molecule has 18 heavy (non-hydrogen) atoms. The topological polar surface area (TPSA) is 97.5 Å². The molecule has 110 valence electrons. The maximum absolute atomic E-state index is 12.2. The Labute approximate surface area is 111 Å². The monoisotopic (exact) mass is 300 g/mol. The highest BCUT2D eigenvalue weighted by Gasteiger charge is 2.38. The van der Waals surface area contributed by atoms with Gasteiger partial charge in [0.05, 0.1) is 0 Å². The van der Waals surface area contributed by atoms with E-state index >= 15 is 0 Å². The zero-order valence-electron chi connectivity index (χ0n) is 11.5. The SMILES string of the molecule is CCCN(C(C)(CC)CN)S(=O)(=O)CS(C)(=O)=O. The molecule has 0 aromatic carbocycles. The van der Waals surface area contributed by atoms with Crippen LogP contribution in [-0.2, 0) is 19.9 Å². The Morgan fingerprint density at radius 1 is 1.17 bits per heavy atom. The van der Waals surface area contributed by atoms with Crippen molar-refractivity contribution in [3.8, 4) is 0 Å². The summed E-state index contributed by atoms with van der Waals surface area (Å²) in [6.07, 6.45) is 2.06. The lowest BCUT2D eigenvalue weighted by Crippen LogP contribution is -2.55. The summed E-state index contributed by atoms with van der Waals surface area (Å²) >= 11 is 0. The third kappa shape index (κ3) is 4.83. The largest absolute Gasteiger partial charge is 0.329 e. The molecule has 2 N–H and O–H groups in total. The van der Waals surface area contributed by atoms with E-state index in [-0.39, 0.29) is 13.1 Å². The summed E-state index contributed by atoms with van der Waals surface area (Å²) < 4.78 is 48.1. The predicted molar refractivity (Wildman–Crippen MR) is 73.4 cm³/mol. The van der Waals surface area contributed by atoms with Gasteiger partial charge < -0.3 is 5.73 Å². The van der Waals surface area contributed by atoms with Crippen LogP contribution in [0.1, 0.15) is 33.6 Å². The second-order valence-electron chi connectivity index (χ2n) is 4.78. The van der Waals surface area contributed by atoms with Gasteiger partial charge in [0.1, 0.15) is 0 Å². The van der Waals surface area contributed by atoms with Crippen molar-refractivity contribution in [2.45, 2.75) is 39.2 Å². The lowest BCUT2D eigenvalue weighted by atomic mass is 9.99. The zero-order valence-corrected chi connectivity index (χ0v) is 13.1. The van der Waals surface area contributed by atoms with Gasteiger partial charge in [-0.15, -0.1) is 0 Å². The third-order valence-electron chi connectivity index (χ3n) is 2.93. The van der Waals surface area contributed by atoms with E-state index in [0.717, 1.165) is 6.26 Å². The van der Waals surface area contributed by atoms with Crippen LogP contribution in [0.5, 0.6) is 0 Å². The molecule has 0 saturated carbocycles. The van der Waals surface area contributed by atoms with Gasteiger partial charge in [-0.25, -0.2) is 16.8 Å². The quantitative estimate of drug-likeness (QED) is 0.688. The van der Waals surface area contributed by atoms with E-state index in [0.29, 0.717) is 12.8 Å². The Hall–Kier alpha value is -0.180. The summed E-state index contributed by atoms with van der Waals surface area (Å²) in [5.74, 6) is 0. The number of hydrogen-bond donors (Lipinski definition) is 1. The Morgan fingerprint density at radius 3 is 1.94 bits per heavy atom. The first kappa shape index (κ1) is 17.8. The van der Waals surface area contributed by atoms with E-state index in [4.69, 9.17) is 5.73 Å². The Bertz CT molecular complexity index is 452. The first-order chi connectivity index (χ1) is 8.02. The zero-order chi connectivity index (χ0) is 14.6. The minimum atomic E-state index is -3.86. The summed E-state index contributed by atoms with van der Waals surface area (Å²) in [5, 5.41) is -0.865. The van der Waals surface area contributed by atoms with Crippen molar-refractivity contribution in [1.82, 2.24) is 4.31 Å². The van der Waals surface area contributed by atoms with Crippen molar-refractivity contribution in [1.29, 1.82) is 0 Å². The Morgan fingerprint density at radius 2 is 1.67 bits per heavy atom. The van der Waals surface area contributed by atoms with Crippen LogP contribution in [-0.4, -0.2) is 51.1 Å². The molecule has 0 aromatic heterocycles. The van der Waals surface area contributed by atoms with Crippen molar-refractivity contribution in [2.24, 2.45) is 5.73 Å². The smallest absolute Gasteiger partial charge is 0.229 e. The van der Waals surface area contributed by atoms with E-state index in [1.54, 1.807) is 6.92 Å². The van der Waals surface area contributed by atoms with Gasteiger partial charge in [-0.3, -0.25) is 0 Å². The van der Waals surface area contributed by atoms with Crippen molar-refractivity contribution in [2.75, 3.05) is 24.4 Å². The van der Waals surface area contributed by atoms with Crippen LogP contribution in [0.3, 0.4) is 0 Å². The second kappa shape index (κ2) is 6.31. The summed E-state index contributed by atoms with van der Waals surface area (Å²) in [5.41, 5.74) is 4.92. The average molecular weight is 300 g/mol. The molecule has 8 heteroatoms. The maximum Gasteiger partial charge on any atom is 0.229 e. The minimum absolute atomic E-state index is 0.159. The third-order valence-corrected chi connectivity index (χ3v) is 7.13. The minimum Gasteiger partial charge on any atom is -0.329 e. The molecule has 0 aliphatic heterocycles. The number of nitrogens with zero attached hydrogens (tertiary/aromatic N) is 1. The summed E-state index contributed by atoms with van der Waals surface area (Å²) in [7, 11) is -7.45. The molecule has 0 aliphatic carbocycles. The van der Waals surface area contributed by atoms with Gasteiger partial charge in [0.25, 0.3) is 0 Å². The summed E-state index contributed by atoms with van der Waals surface area (Å²) in [6.45, 7) is 5.86. The summed E-state index contributed by atoms with van der Waals surface area (Å²) in [6, 6.07) is 0. The van der Waals surface area contributed by atoms with Crippen LogP contribution in [0.15, 0.2) is 0 Å². The normalized spacial score (nSPS) is 16.8. The van der Waals surface area contributed by atoms with Crippen LogP contribution in [0.25, 0.3) is 0 Å². The lowest BCUT2D eigenvalue weighted by molar-refractivity contribution is 0.207. The van der Waals surface area contributed by atoms with Gasteiger partial charge in [-0.1, -0.05) is 13.8 Å². The maximum atomic E-state index is 12.2. The van der Waals surface area contributed by atoms with Crippen LogP contribution in [0.4, 0.5) is 0 Å². The predicted octanol–water partition coefficient (Wildman–Crippen LogP) is 0.158. The van der Waals surface area contributed by atoms with Crippen molar-refractivity contribution in [3.63, 3.8) is 0 Å². The van der Waals surface area contributed by atoms with Gasteiger partial charge in [0.15, 0.2) is 14.9 Å². The van der Waals surface area contributed by atoms with Gasteiger partial charge in [0.2, 0.25) is 10.0 Å². The number of hydrogen-bond acceptors (Lipinski definition) is 5. The molecule has 6 nitrogen and oxygen atoms in total. The number of sulfonamides is 1. The van der Waals surface area contributed by atoms with Crippen molar-refractivity contribution < 1.29 is 16.8 Å². The Kier molecular flexibility index (Phi) is 6.25. The first-order valence-corrected chi connectivity index (χ1v) is 9.57. The molecule has 0 saturated heterocycles. The Balaban J connectivity index is 5.49. The molecular weight excluding hydrogens is 276 g/mol. The number of rotatable bonds is 8. The molecule has 1 atom stereocenters. The van der Waals surface area contributed by atoms with Gasteiger partial charge in [0, 0.05) is 24.9 Å². The molecular formula is C10H24N2O4S2. The molecule has 0 aromatic rings. The molecule has 1 unspecified atom stereocenters. The van der Waals surface area contributed by atoms with Gasteiger partial charge in [-0.05, 0) is 19.8 Å². The number of nitrogens with two attached hydrogens (primary N) is 1. The summed E-state index contributed by atoms with van der Waals surface area (Å²) in [4.78, 5) is 0. The van der Waals surface area contributed by atoms with E-state index < -0.39 is 30.5 Å². The molecule has 0 fully saturated rings. The molecule has 0 radical (unpaired) electrons. The van der Waals surface area contributed by atoms with Crippen LogP contribution in [0, 0.1) is 0 Å². The van der Waals surface area contributed by atoms with Crippen LogP contribution < -0.4 is 5.73 Å². The highest BCUT2D eigenvalue weighted by Crippen LogP contribution is 2.23. The van der Waals surface area contributed by atoms with Gasteiger partial charge >= 0.3 is 0 Å². The highest BCUT2D eigenvalue weighted by molar-refractivity contribution is 8.06. The highest BCUT2D eigenvalue weighted by atomic mass is 32.3. The van der Waals surface area contributed by atoms with E-state index in [2.05, 4.69) is 0 Å².